The van der Waals surface area contributed by atoms with E-state index in [1.165, 1.54) is 6.07 Å². The lowest BCUT2D eigenvalue weighted by atomic mass is 9.93. The second-order valence-corrected chi connectivity index (χ2v) is 9.88. The lowest BCUT2D eigenvalue weighted by molar-refractivity contribution is -0.137. The second-order valence-electron chi connectivity index (χ2n) is 9.88. The number of alkyl halides is 3. The smallest absolute Gasteiger partial charge is 0.350 e. The summed E-state index contributed by atoms with van der Waals surface area (Å²) in [5.74, 6) is -0.524. The maximum absolute atomic E-state index is 12.9. The molecular weight excluding hydrogens is 499 g/mol. The maximum Gasteiger partial charge on any atom is 0.416 e. The van der Waals surface area contributed by atoms with Crippen LogP contribution >= 0.6 is 0 Å². The van der Waals surface area contributed by atoms with Crippen LogP contribution in [0.3, 0.4) is 0 Å². The van der Waals surface area contributed by atoms with Crippen molar-refractivity contribution >= 4 is 17.7 Å². The van der Waals surface area contributed by atoms with E-state index in [1.807, 2.05) is 4.90 Å². The number of likely N-dealkylation sites (tertiary alicyclic amines) is 2. The molecule has 2 aliphatic rings. The van der Waals surface area contributed by atoms with Gasteiger partial charge in [-0.15, -0.1) is 0 Å². The van der Waals surface area contributed by atoms with Crippen molar-refractivity contribution in [1.29, 1.82) is 0 Å². The highest BCUT2D eigenvalue weighted by atomic mass is 19.4. The minimum absolute atomic E-state index is 0.0284. The first-order valence-electron chi connectivity index (χ1n) is 12.9. The van der Waals surface area contributed by atoms with E-state index < -0.39 is 17.6 Å². The van der Waals surface area contributed by atoms with Crippen LogP contribution in [0.15, 0.2) is 48.8 Å². The number of hydrogen-bond donors (Lipinski definition) is 2. The molecule has 4 rings (SSSR count). The average Bonchev–Trinajstić information content (AvgIpc) is 3.37. The number of rotatable bonds is 8. The van der Waals surface area contributed by atoms with E-state index in [0.29, 0.717) is 18.0 Å². The third-order valence-corrected chi connectivity index (χ3v) is 7.16. The van der Waals surface area contributed by atoms with Gasteiger partial charge >= 0.3 is 6.18 Å². The maximum atomic E-state index is 12.9. The van der Waals surface area contributed by atoms with Crippen molar-refractivity contribution < 1.29 is 27.6 Å². The molecule has 1 atom stereocenters. The lowest BCUT2D eigenvalue weighted by Gasteiger charge is -2.32. The van der Waals surface area contributed by atoms with Crippen LogP contribution < -0.4 is 10.6 Å². The van der Waals surface area contributed by atoms with Gasteiger partial charge in [-0.2, -0.15) is 13.2 Å². The fraction of sp³-hybridized carbons (Fsp3) is 0.481. The highest BCUT2D eigenvalue weighted by Crippen LogP contribution is 2.29. The van der Waals surface area contributed by atoms with Gasteiger partial charge in [-0.1, -0.05) is 6.07 Å². The van der Waals surface area contributed by atoms with Gasteiger partial charge in [0, 0.05) is 50.2 Å². The van der Waals surface area contributed by atoms with Crippen molar-refractivity contribution in [1.82, 2.24) is 25.4 Å². The molecule has 2 aromatic rings. The molecule has 1 aromatic heterocycles. The molecule has 2 saturated heterocycles. The average molecular weight is 532 g/mol. The number of carbonyl (C=O) groups excluding carboxylic acids is 3. The van der Waals surface area contributed by atoms with Gasteiger partial charge in [0.25, 0.3) is 11.8 Å². The molecule has 11 heteroatoms. The third-order valence-electron chi connectivity index (χ3n) is 7.16. The van der Waals surface area contributed by atoms with Crippen molar-refractivity contribution in [2.45, 2.75) is 37.9 Å². The largest absolute Gasteiger partial charge is 0.416 e. The summed E-state index contributed by atoms with van der Waals surface area (Å²) < 4.78 is 38.6. The summed E-state index contributed by atoms with van der Waals surface area (Å²) in [7, 11) is 0. The van der Waals surface area contributed by atoms with Gasteiger partial charge in [-0.25, -0.2) is 0 Å². The summed E-state index contributed by atoms with van der Waals surface area (Å²) >= 11 is 0. The van der Waals surface area contributed by atoms with Gasteiger partial charge in [0.15, 0.2) is 0 Å². The van der Waals surface area contributed by atoms with E-state index in [1.54, 1.807) is 24.5 Å². The molecule has 3 amide bonds. The minimum Gasteiger partial charge on any atom is -0.350 e. The topological polar surface area (TPSA) is 94.6 Å². The molecule has 1 aromatic carbocycles. The molecule has 2 fully saturated rings. The van der Waals surface area contributed by atoms with Crippen LogP contribution in [0.1, 0.15) is 52.0 Å². The van der Waals surface area contributed by atoms with E-state index >= 15 is 0 Å². The molecule has 0 spiro atoms. The van der Waals surface area contributed by atoms with Crippen molar-refractivity contribution in [3.05, 3.63) is 65.5 Å². The van der Waals surface area contributed by atoms with Crippen LogP contribution in [0.25, 0.3) is 0 Å². The summed E-state index contributed by atoms with van der Waals surface area (Å²) in [5, 5.41) is 5.29. The van der Waals surface area contributed by atoms with Crippen molar-refractivity contribution in [2.24, 2.45) is 5.92 Å². The van der Waals surface area contributed by atoms with Crippen LogP contribution in [0, 0.1) is 5.92 Å². The zero-order valence-electron chi connectivity index (χ0n) is 21.0. The van der Waals surface area contributed by atoms with Gasteiger partial charge in [0.2, 0.25) is 5.91 Å². The zero-order valence-corrected chi connectivity index (χ0v) is 21.0. The van der Waals surface area contributed by atoms with Crippen molar-refractivity contribution in [3.63, 3.8) is 0 Å². The van der Waals surface area contributed by atoms with Crippen LogP contribution in [0.2, 0.25) is 0 Å². The van der Waals surface area contributed by atoms with E-state index in [0.717, 1.165) is 70.1 Å². The normalized spacial score (nSPS) is 18.8. The number of benzene rings is 1. The number of aromatic nitrogens is 1. The Labute approximate surface area is 219 Å². The molecule has 3 heterocycles. The summed E-state index contributed by atoms with van der Waals surface area (Å²) in [6, 6.07) is 7.62. The highest BCUT2D eigenvalue weighted by molar-refractivity contribution is 5.96. The molecule has 0 unspecified atom stereocenters. The third kappa shape index (κ3) is 7.53. The fourth-order valence-electron chi connectivity index (χ4n) is 4.99. The van der Waals surface area contributed by atoms with Gasteiger partial charge in [0.1, 0.15) is 0 Å². The number of carbonyl (C=O) groups is 3. The molecule has 0 saturated carbocycles. The quantitative estimate of drug-likeness (QED) is 0.546. The fourth-order valence-corrected chi connectivity index (χ4v) is 4.99. The zero-order chi connectivity index (χ0) is 27.1. The van der Waals surface area contributed by atoms with E-state index in [9.17, 15) is 27.6 Å². The van der Waals surface area contributed by atoms with Gasteiger partial charge < -0.3 is 20.4 Å². The SMILES string of the molecule is O=C(CNC(=O)c1cccc(C(F)(F)F)c1)N[C@@H]1CCN(CCC2CCN(C(=O)c3cccnc3)CC2)C1. The number of nitrogens with one attached hydrogen (secondary N) is 2. The monoisotopic (exact) mass is 531 g/mol. The summed E-state index contributed by atoms with van der Waals surface area (Å²) in [6.45, 7) is 3.67. The first-order chi connectivity index (χ1) is 18.2. The van der Waals surface area contributed by atoms with Gasteiger partial charge in [0.05, 0.1) is 17.7 Å². The predicted octanol–water partition coefficient (Wildman–Crippen LogP) is 2.96. The molecule has 2 N–H and O–H groups in total. The molecule has 0 aliphatic carbocycles. The van der Waals surface area contributed by atoms with Crippen LogP contribution in [-0.2, 0) is 11.0 Å². The first kappa shape index (κ1) is 27.6. The molecular formula is C27H32F3N5O3. The predicted molar refractivity (Wildman–Crippen MR) is 134 cm³/mol. The Morgan fingerprint density at radius 1 is 1.00 bits per heavy atom. The Kier molecular flexibility index (Phi) is 8.98. The molecule has 0 radical (unpaired) electrons. The Morgan fingerprint density at radius 2 is 1.76 bits per heavy atom. The van der Waals surface area contributed by atoms with Crippen LogP contribution in [0.4, 0.5) is 13.2 Å². The van der Waals surface area contributed by atoms with Crippen molar-refractivity contribution in [2.75, 3.05) is 39.3 Å². The number of halogens is 3. The molecule has 204 valence electrons. The van der Waals surface area contributed by atoms with E-state index in [2.05, 4.69) is 20.5 Å². The van der Waals surface area contributed by atoms with Crippen molar-refractivity contribution in [3.8, 4) is 0 Å². The number of nitrogens with zero attached hydrogens (tertiary/aromatic N) is 3. The van der Waals surface area contributed by atoms with Crippen LogP contribution in [-0.4, -0.2) is 77.8 Å². The Morgan fingerprint density at radius 3 is 2.47 bits per heavy atom. The highest BCUT2D eigenvalue weighted by Gasteiger charge is 2.31. The van der Waals surface area contributed by atoms with Gasteiger partial charge in [-0.3, -0.25) is 19.4 Å². The molecule has 2 aliphatic heterocycles. The molecule has 0 bridgehead atoms. The molecule has 8 nitrogen and oxygen atoms in total. The Bertz CT molecular complexity index is 1120. The number of amides is 3. The summed E-state index contributed by atoms with van der Waals surface area (Å²) in [5.41, 5.74) is -0.442. The van der Waals surface area contributed by atoms with Crippen LogP contribution in [0.5, 0.6) is 0 Å². The Hall–Kier alpha value is -3.47. The van der Waals surface area contributed by atoms with E-state index in [4.69, 9.17) is 0 Å². The first-order valence-corrected chi connectivity index (χ1v) is 12.9. The lowest BCUT2D eigenvalue weighted by Crippen LogP contribution is -2.43. The van der Waals surface area contributed by atoms with Gasteiger partial charge in [-0.05, 0) is 68.5 Å². The Balaban J connectivity index is 1.12. The van der Waals surface area contributed by atoms with E-state index in [-0.39, 0.29) is 30.0 Å². The number of hydrogen-bond acceptors (Lipinski definition) is 5. The summed E-state index contributed by atoms with van der Waals surface area (Å²) in [6.07, 6.45) is 2.46. The number of pyridine rings is 1. The standard InChI is InChI=1S/C27H32F3N5O3/c28-27(29,30)22-5-1-3-20(15-22)25(37)32-17-24(36)33-23-9-12-34(18-23)11-6-19-7-13-35(14-8-19)26(38)21-4-2-10-31-16-21/h1-5,10,15-16,19,23H,6-9,11-14,17-18H2,(H,32,37)(H,33,36)/t23-/m1/s1. The second kappa shape index (κ2) is 12.4. The molecule has 38 heavy (non-hydrogen) atoms. The number of piperidine rings is 1. The minimum atomic E-state index is -4.54. The summed E-state index contributed by atoms with van der Waals surface area (Å²) in [4.78, 5) is 45.3.